The molecule has 7 heavy (non-hydrogen) atoms. The Morgan fingerprint density at radius 2 is 1.57 bits per heavy atom. The summed E-state index contributed by atoms with van der Waals surface area (Å²) >= 11 is 0. The molecule has 0 saturated carbocycles. The minimum Gasteiger partial charge on any atom is -0.312 e. The lowest BCUT2D eigenvalue weighted by molar-refractivity contribution is 0.311. The molecule has 5 heteroatoms. The summed E-state index contributed by atoms with van der Waals surface area (Å²) in [6.07, 6.45) is 0. The van der Waals surface area contributed by atoms with Crippen molar-refractivity contribution in [3.63, 3.8) is 0 Å². The summed E-state index contributed by atoms with van der Waals surface area (Å²) in [5.74, 6) is 0. The summed E-state index contributed by atoms with van der Waals surface area (Å²) in [4.78, 5) is 16.3. The number of nitrogens with zero attached hydrogens (tertiary/aromatic N) is 1. The Balaban J connectivity index is 3.80. The Morgan fingerprint density at radius 1 is 1.43 bits per heavy atom. The second-order valence-corrected chi connectivity index (χ2v) is 3.19. The molecule has 0 spiro atoms. The molecule has 0 aromatic heterocycles. The molecule has 0 aromatic rings. The first-order chi connectivity index (χ1) is 2.94. The van der Waals surface area contributed by atoms with Crippen molar-refractivity contribution in [3.8, 4) is 0 Å². The van der Waals surface area contributed by atoms with Gasteiger partial charge in [-0.05, 0) is 14.1 Å². The molecule has 44 valence electrons. The SMILES string of the molecule is CN(C)P(=O)(O)O. The summed E-state index contributed by atoms with van der Waals surface area (Å²) < 4.78 is 10.8. The van der Waals surface area contributed by atoms with Crippen LogP contribution in [-0.2, 0) is 4.57 Å². The van der Waals surface area contributed by atoms with Crippen LogP contribution in [0.2, 0.25) is 0 Å². The largest absolute Gasteiger partial charge is 0.402 e. The van der Waals surface area contributed by atoms with Crippen molar-refractivity contribution < 1.29 is 14.4 Å². The van der Waals surface area contributed by atoms with Crippen molar-refractivity contribution in [1.82, 2.24) is 4.67 Å². The zero-order valence-corrected chi connectivity index (χ0v) is 5.09. The Kier molecular flexibility index (Phi) is 1.95. The molecule has 4 nitrogen and oxygen atoms in total. The first-order valence-electron chi connectivity index (χ1n) is 1.68. The predicted molar refractivity (Wildman–Crippen MR) is 25.7 cm³/mol. The molecule has 0 bridgehead atoms. The molecule has 0 rings (SSSR count). The van der Waals surface area contributed by atoms with Gasteiger partial charge in [-0.3, -0.25) is 0 Å². The highest BCUT2D eigenvalue weighted by Crippen LogP contribution is 2.35. The molecule has 0 aliphatic carbocycles. The first kappa shape index (κ1) is 7.11. The molecule has 0 fully saturated rings. The minimum absolute atomic E-state index is 0.854. The predicted octanol–water partition coefficient (Wildman–Crippen LogP) is -0.359. The molecule has 0 aliphatic rings. The van der Waals surface area contributed by atoms with E-state index in [4.69, 9.17) is 9.79 Å². The van der Waals surface area contributed by atoms with Crippen LogP contribution in [-0.4, -0.2) is 28.6 Å². The molecule has 0 heterocycles. The zero-order valence-electron chi connectivity index (χ0n) is 4.20. The standard InChI is InChI=1S/C2H8NO3P/c1-3(2)7(4,5)6/h1-2H3,(H2,4,5,6). The highest BCUT2D eigenvalue weighted by atomic mass is 31.2. The molecule has 0 amide bonds. The van der Waals surface area contributed by atoms with Crippen LogP contribution in [0.4, 0.5) is 0 Å². The Bertz CT molecular complexity index is 95.1. The van der Waals surface area contributed by atoms with Gasteiger partial charge in [0.25, 0.3) is 0 Å². The van der Waals surface area contributed by atoms with Crippen LogP contribution in [0.3, 0.4) is 0 Å². The van der Waals surface area contributed by atoms with Crippen LogP contribution in [0.25, 0.3) is 0 Å². The fraction of sp³-hybridized carbons (Fsp3) is 1.00. The highest BCUT2D eigenvalue weighted by Gasteiger charge is 2.14. The van der Waals surface area contributed by atoms with E-state index >= 15 is 0 Å². The fourth-order valence-electron chi connectivity index (χ4n) is 0. The Morgan fingerprint density at radius 3 is 1.57 bits per heavy atom. The van der Waals surface area contributed by atoms with Gasteiger partial charge in [-0.2, -0.15) is 0 Å². The third kappa shape index (κ3) is 2.76. The Hall–Kier alpha value is 0.110. The van der Waals surface area contributed by atoms with Crippen molar-refractivity contribution in [2.45, 2.75) is 0 Å². The average Bonchev–Trinajstić information content (AvgIpc) is 1.31. The smallest absolute Gasteiger partial charge is 0.312 e. The lowest BCUT2D eigenvalue weighted by atomic mass is 11.3. The van der Waals surface area contributed by atoms with E-state index in [1.54, 1.807) is 0 Å². The third-order valence-electron chi connectivity index (χ3n) is 0.521. The molecular formula is C2H8NO3P. The topological polar surface area (TPSA) is 60.8 Å². The lowest BCUT2D eigenvalue weighted by Gasteiger charge is -2.09. The maximum Gasteiger partial charge on any atom is 0.402 e. The van der Waals surface area contributed by atoms with Crippen molar-refractivity contribution in [2.24, 2.45) is 0 Å². The zero-order chi connectivity index (χ0) is 6.08. The van der Waals surface area contributed by atoms with Gasteiger partial charge >= 0.3 is 7.75 Å². The van der Waals surface area contributed by atoms with Gasteiger partial charge in [0.15, 0.2) is 0 Å². The summed E-state index contributed by atoms with van der Waals surface area (Å²) in [6, 6.07) is 0. The normalized spacial score (nSPS) is 12.7. The van der Waals surface area contributed by atoms with Crippen molar-refractivity contribution in [1.29, 1.82) is 0 Å². The van der Waals surface area contributed by atoms with Crippen LogP contribution in [0.5, 0.6) is 0 Å². The monoisotopic (exact) mass is 125 g/mol. The van der Waals surface area contributed by atoms with E-state index < -0.39 is 7.75 Å². The van der Waals surface area contributed by atoms with Gasteiger partial charge in [0.1, 0.15) is 0 Å². The van der Waals surface area contributed by atoms with E-state index in [1.165, 1.54) is 14.1 Å². The van der Waals surface area contributed by atoms with Crippen molar-refractivity contribution in [2.75, 3.05) is 14.1 Å². The summed E-state index contributed by atoms with van der Waals surface area (Å²) in [6.45, 7) is 0. The molecule has 2 N–H and O–H groups in total. The summed E-state index contributed by atoms with van der Waals surface area (Å²) in [5.41, 5.74) is 0. The highest BCUT2D eigenvalue weighted by molar-refractivity contribution is 7.49. The molecule has 0 atom stereocenters. The minimum atomic E-state index is -3.90. The van der Waals surface area contributed by atoms with E-state index in [0.29, 0.717) is 0 Å². The molecule has 0 radical (unpaired) electrons. The van der Waals surface area contributed by atoms with Crippen LogP contribution >= 0.6 is 7.75 Å². The van der Waals surface area contributed by atoms with Crippen LogP contribution < -0.4 is 0 Å². The van der Waals surface area contributed by atoms with Crippen LogP contribution in [0.15, 0.2) is 0 Å². The van der Waals surface area contributed by atoms with Gasteiger partial charge in [0, 0.05) is 0 Å². The molecule has 0 aliphatic heterocycles. The lowest BCUT2D eigenvalue weighted by Crippen LogP contribution is -2.05. The molecule has 0 aromatic carbocycles. The maximum atomic E-state index is 9.95. The van der Waals surface area contributed by atoms with E-state index in [9.17, 15) is 4.57 Å². The summed E-state index contributed by atoms with van der Waals surface area (Å²) in [7, 11) is -1.26. The van der Waals surface area contributed by atoms with Gasteiger partial charge in [-0.15, -0.1) is 0 Å². The van der Waals surface area contributed by atoms with E-state index in [1.807, 2.05) is 0 Å². The number of rotatable bonds is 1. The van der Waals surface area contributed by atoms with Crippen molar-refractivity contribution >= 4 is 7.75 Å². The molecular weight excluding hydrogens is 117 g/mol. The number of hydrogen-bond donors (Lipinski definition) is 2. The molecule has 0 unspecified atom stereocenters. The number of hydrogen-bond acceptors (Lipinski definition) is 1. The second kappa shape index (κ2) is 1.92. The molecule has 0 saturated heterocycles. The maximum absolute atomic E-state index is 9.95. The third-order valence-corrected chi connectivity index (χ3v) is 1.56. The quantitative estimate of drug-likeness (QED) is 0.470. The van der Waals surface area contributed by atoms with Gasteiger partial charge in [0.2, 0.25) is 0 Å². The van der Waals surface area contributed by atoms with Gasteiger partial charge < -0.3 is 9.79 Å². The van der Waals surface area contributed by atoms with E-state index in [0.717, 1.165) is 4.67 Å². The van der Waals surface area contributed by atoms with Crippen LogP contribution in [0.1, 0.15) is 0 Å². The van der Waals surface area contributed by atoms with Gasteiger partial charge in [-0.25, -0.2) is 9.24 Å². The van der Waals surface area contributed by atoms with Crippen molar-refractivity contribution in [3.05, 3.63) is 0 Å². The average molecular weight is 125 g/mol. The second-order valence-electron chi connectivity index (χ2n) is 1.36. The summed E-state index contributed by atoms with van der Waals surface area (Å²) in [5, 5.41) is 0. The van der Waals surface area contributed by atoms with E-state index in [2.05, 4.69) is 0 Å². The van der Waals surface area contributed by atoms with Gasteiger partial charge in [0.05, 0.1) is 0 Å². The fourth-order valence-corrected chi connectivity index (χ4v) is 0. The van der Waals surface area contributed by atoms with Gasteiger partial charge in [-0.1, -0.05) is 0 Å². The van der Waals surface area contributed by atoms with Crippen LogP contribution in [0, 0.1) is 0 Å². The first-order valence-corrected chi connectivity index (χ1v) is 3.24. The Labute approximate surface area is 42.0 Å². The van der Waals surface area contributed by atoms with E-state index in [-0.39, 0.29) is 0 Å².